The Balaban J connectivity index is 2.42. The second-order valence-electron chi connectivity index (χ2n) is 5.57. The number of carbonyl (C=O) groups excluding carboxylic acids is 1. The fourth-order valence-corrected chi connectivity index (χ4v) is 2.80. The number of oxime groups is 1. The third-order valence-electron chi connectivity index (χ3n) is 3.99. The van der Waals surface area contributed by atoms with Gasteiger partial charge < -0.3 is 20.9 Å². The average Bonchev–Trinajstić information content (AvgIpc) is 2.94. The van der Waals surface area contributed by atoms with E-state index in [-0.39, 0.29) is 18.3 Å². The van der Waals surface area contributed by atoms with Crippen molar-refractivity contribution in [3.63, 3.8) is 0 Å². The first-order valence-corrected chi connectivity index (χ1v) is 7.17. The van der Waals surface area contributed by atoms with Gasteiger partial charge in [0.05, 0.1) is 0 Å². The van der Waals surface area contributed by atoms with Crippen LogP contribution in [0.3, 0.4) is 0 Å². The van der Waals surface area contributed by atoms with Crippen LogP contribution in [0.5, 0.6) is 0 Å². The highest BCUT2D eigenvalue weighted by Gasteiger charge is 2.31. The predicted molar refractivity (Wildman–Crippen MR) is 83.9 cm³/mol. The number of carbonyl (C=O) groups is 2. The zero-order chi connectivity index (χ0) is 17.1. The highest BCUT2D eigenvalue weighted by Crippen LogP contribution is 2.40. The molecule has 0 unspecified atom stereocenters. The van der Waals surface area contributed by atoms with Gasteiger partial charge >= 0.3 is 6.09 Å². The van der Waals surface area contributed by atoms with Gasteiger partial charge in [-0.05, 0) is 30.4 Å². The lowest BCUT2D eigenvalue weighted by Gasteiger charge is -2.24. The molecule has 0 spiro atoms. The second-order valence-corrected chi connectivity index (χ2v) is 5.57. The van der Waals surface area contributed by atoms with E-state index >= 15 is 0 Å². The van der Waals surface area contributed by atoms with Crippen molar-refractivity contribution in [2.45, 2.75) is 19.3 Å². The van der Waals surface area contributed by atoms with Crippen LogP contribution in [0.15, 0.2) is 39.7 Å². The molecule has 8 heteroatoms. The fourth-order valence-electron chi connectivity index (χ4n) is 2.80. The molecule has 0 fully saturated rings. The second kappa shape index (κ2) is 6.55. The molecule has 0 saturated carbocycles. The van der Waals surface area contributed by atoms with Gasteiger partial charge in [0.15, 0.2) is 5.84 Å². The molecule has 0 aromatic heterocycles. The SMILES string of the molecule is CN(C)C(=O)CN(C(=O)O)C1=C2CC=CC(/C(N)=N/O)=C2CC1. The molecule has 0 aromatic carbocycles. The summed E-state index contributed by atoms with van der Waals surface area (Å²) in [5.41, 5.74) is 8.61. The van der Waals surface area contributed by atoms with Crippen molar-refractivity contribution in [2.75, 3.05) is 20.6 Å². The normalized spacial score (nSPS) is 17.4. The van der Waals surface area contributed by atoms with E-state index in [1.54, 1.807) is 20.2 Å². The first-order chi connectivity index (χ1) is 10.9. The zero-order valence-corrected chi connectivity index (χ0v) is 13.1. The highest BCUT2D eigenvalue weighted by atomic mass is 16.4. The molecule has 8 nitrogen and oxygen atoms in total. The average molecular weight is 320 g/mol. The summed E-state index contributed by atoms with van der Waals surface area (Å²) in [6, 6.07) is 0. The Kier molecular flexibility index (Phi) is 4.73. The molecule has 0 saturated heterocycles. The van der Waals surface area contributed by atoms with Crippen LogP contribution in [-0.2, 0) is 4.79 Å². The summed E-state index contributed by atoms with van der Waals surface area (Å²) < 4.78 is 0. The first-order valence-electron chi connectivity index (χ1n) is 7.17. The Labute approximate surface area is 133 Å². The fraction of sp³-hybridized carbons (Fsp3) is 0.400. The van der Waals surface area contributed by atoms with Crippen LogP contribution < -0.4 is 5.73 Å². The molecule has 2 aliphatic carbocycles. The summed E-state index contributed by atoms with van der Waals surface area (Å²) in [5.74, 6) is -0.290. The minimum Gasteiger partial charge on any atom is -0.465 e. The third kappa shape index (κ3) is 3.20. The molecular weight excluding hydrogens is 300 g/mol. The molecule has 0 heterocycles. The molecule has 0 aromatic rings. The van der Waals surface area contributed by atoms with Gasteiger partial charge in [0, 0.05) is 25.4 Å². The van der Waals surface area contributed by atoms with Gasteiger partial charge in [-0.15, -0.1) is 0 Å². The standard InChI is InChI=1S/C15H20N4O4/c1-18(2)13(20)8-19(15(21)22)12-7-6-9-10(12)4-3-5-11(9)14(16)17-23/h3,5,23H,4,6-8H2,1-2H3,(H2,16,17)(H,21,22). The van der Waals surface area contributed by atoms with Crippen LogP contribution in [0.1, 0.15) is 19.3 Å². The van der Waals surface area contributed by atoms with Crippen LogP contribution in [0.2, 0.25) is 0 Å². The first kappa shape index (κ1) is 16.6. The molecule has 2 rings (SSSR count). The quantitative estimate of drug-likeness (QED) is 0.310. The molecule has 4 N–H and O–H groups in total. The number of nitrogens with zero attached hydrogens (tertiary/aromatic N) is 3. The molecule has 0 aliphatic heterocycles. The Hall–Kier alpha value is -2.77. The zero-order valence-electron chi connectivity index (χ0n) is 13.1. The van der Waals surface area contributed by atoms with E-state index in [0.29, 0.717) is 30.5 Å². The van der Waals surface area contributed by atoms with Crippen molar-refractivity contribution in [3.8, 4) is 0 Å². The number of nitrogens with two attached hydrogens (primary N) is 1. The Morgan fingerprint density at radius 1 is 1.30 bits per heavy atom. The summed E-state index contributed by atoms with van der Waals surface area (Å²) in [6.07, 6.45) is 4.11. The smallest absolute Gasteiger partial charge is 0.412 e. The van der Waals surface area contributed by atoms with Gasteiger partial charge in [0.2, 0.25) is 5.91 Å². The largest absolute Gasteiger partial charge is 0.465 e. The summed E-state index contributed by atoms with van der Waals surface area (Å²) in [6.45, 7) is -0.225. The number of carboxylic acid groups (broad SMARTS) is 1. The molecule has 124 valence electrons. The number of allylic oxidation sites excluding steroid dienone is 4. The summed E-state index contributed by atoms with van der Waals surface area (Å²) >= 11 is 0. The van der Waals surface area contributed by atoms with E-state index in [1.807, 2.05) is 6.08 Å². The molecule has 0 atom stereocenters. The van der Waals surface area contributed by atoms with Gasteiger partial charge in [-0.25, -0.2) is 4.79 Å². The number of amides is 2. The predicted octanol–water partition coefficient (Wildman–Crippen LogP) is 1.11. The topological polar surface area (TPSA) is 119 Å². The van der Waals surface area contributed by atoms with Crippen LogP contribution in [0.25, 0.3) is 0 Å². The van der Waals surface area contributed by atoms with Crippen molar-refractivity contribution in [3.05, 3.63) is 34.6 Å². The third-order valence-corrected chi connectivity index (χ3v) is 3.99. The van der Waals surface area contributed by atoms with E-state index in [9.17, 15) is 14.7 Å². The molecule has 2 aliphatic rings. The summed E-state index contributed by atoms with van der Waals surface area (Å²) in [5, 5.41) is 21.4. The van der Waals surface area contributed by atoms with Crippen molar-refractivity contribution >= 4 is 17.8 Å². The van der Waals surface area contributed by atoms with Crippen LogP contribution in [0.4, 0.5) is 4.79 Å². The van der Waals surface area contributed by atoms with Crippen LogP contribution >= 0.6 is 0 Å². The molecule has 2 amide bonds. The van der Waals surface area contributed by atoms with Crippen molar-refractivity contribution in [1.82, 2.24) is 9.80 Å². The molecule has 0 radical (unpaired) electrons. The summed E-state index contributed by atoms with van der Waals surface area (Å²) in [4.78, 5) is 25.9. The maximum absolute atomic E-state index is 11.9. The minimum atomic E-state index is -1.16. The number of hydrogen-bond acceptors (Lipinski definition) is 4. The Morgan fingerprint density at radius 3 is 2.57 bits per heavy atom. The van der Waals surface area contributed by atoms with Gasteiger partial charge in [-0.2, -0.15) is 0 Å². The van der Waals surface area contributed by atoms with Gasteiger partial charge in [0.25, 0.3) is 0 Å². The number of rotatable bonds is 4. The number of amidine groups is 1. The van der Waals surface area contributed by atoms with Crippen LogP contribution in [-0.4, -0.2) is 58.6 Å². The lowest BCUT2D eigenvalue weighted by Crippen LogP contribution is -2.39. The van der Waals surface area contributed by atoms with E-state index in [0.717, 1.165) is 16.0 Å². The van der Waals surface area contributed by atoms with Crippen molar-refractivity contribution in [1.29, 1.82) is 0 Å². The summed E-state index contributed by atoms with van der Waals surface area (Å²) in [7, 11) is 3.17. The maximum Gasteiger partial charge on any atom is 0.412 e. The van der Waals surface area contributed by atoms with E-state index in [2.05, 4.69) is 5.16 Å². The Morgan fingerprint density at radius 2 is 2.00 bits per heavy atom. The number of likely N-dealkylation sites (N-methyl/N-ethyl adjacent to an activating group) is 1. The maximum atomic E-state index is 11.9. The van der Waals surface area contributed by atoms with E-state index < -0.39 is 6.09 Å². The lowest BCUT2D eigenvalue weighted by atomic mass is 9.93. The van der Waals surface area contributed by atoms with Crippen LogP contribution in [0, 0.1) is 0 Å². The highest BCUT2D eigenvalue weighted by molar-refractivity contribution is 6.01. The number of fused-ring (bicyclic) bond motifs is 1. The van der Waals surface area contributed by atoms with Crippen molar-refractivity contribution in [2.24, 2.45) is 10.9 Å². The van der Waals surface area contributed by atoms with Gasteiger partial charge in [-0.3, -0.25) is 9.69 Å². The lowest BCUT2D eigenvalue weighted by molar-refractivity contribution is -0.129. The van der Waals surface area contributed by atoms with Gasteiger partial charge in [-0.1, -0.05) is 17.3 Å². The Bertz CT molecular complexity index is 658. The van der Waals surface area contributed by atoms with E-state index in [4.69, 9.17) is 10.9 Å². The minimum absolute atomic E-state index is 0.000873. The molecule has 0 bridgehead atoms. The molecular formula is C15H20N4O4. The molecule has 23 heavy (non-hydrogen) atoms. The van der Waals surface area contributed by atoms with Crippen molar-refractivity contribution < 1.29 is 19.9 Å². The van der Waals surface area contributed by atoms with Gasteiger partial charge in [0.1, 0.15) is 6.54 Å². The number of hydrogen-bond donors (Lipinski definition) is 3. The monoisotopic (exact) mass is 320 g/mol. The van der Waals surface area contributed by atoms with E-state index in [1.165, 1.54) is 4.90 Å².